The van der Waals surface area contributed by atoms with Crippen LogP contribution in [0.3, 0.4) is 0 Å². The molecule has 2 rings (SSSR count). The number of hydrogen-bond acceptors (Lipinski definition) is 5. The van der Waals surface area contributed by atoms with Gasteiger partial charge in [-0.3, -0.25) is 0 Å². The molecule has 1 aromatic carbocycles. The van der Waals surface area contributed by atoms with Crippen molar-refractivity contribution in [2.24, 2.45) is 0 Å². The average Bonchev–Trinajstić information content (AvgIpc) is 2.93. The number of amides is 2. The second kappa shape index (κ2) is 8.13. The zero-order chi connectivity index (χ0) is 18.4. The number of urea groups is 1. The van der Waals surface area contributed by atoms with Crippen molar-refractivity contribution in [1.82, 2.24) is 20.1 Å². The largest absolute Gasteiger partial charge is 0.360 e. The molecule has 25 heavy (non-hydrogen) atoms. The number of sulfonamides is 1. The van der Waals surface area contributed by atoms with E-state index in [4.69, 9.17) is 4.52 Å². The monoisotopic (exact) mass is 366 g/mol. The maximum absolute atomic E-state index is 12.5. The number of carbonyl (C=O) groups is 1. The normalized spacial score (nSPS) is 11.5. The Morgan fingerprint density at radius 3 is 2.48 bits per heavy atom. The summed E-state index contributed by atoms with van der Waals surface area (Å²) < 4.78 is 31.1. The first-order valence-corrected chi connectivity index (χ1v) is 9.21. The highest BCUT2D eigenvalue weighted by Crippen LogP contribution is 2.21. The summed E-state index contributed by atoms with van der Waals surface area (Å²) in [5, 5.41) is 9.02. The fraction of sp³-hybridized carbons (Fsp3) is 0.375. The highest BCUT2D eigenvalue weighted by molar-refractivity contribution is 7.89. The molecule has 9 heteroatoms. The van der Waals surface area contributed by atoms with Gasteiger partial charge in [0, 0.05) is 26.7 Å². The van der Waals surface area contributed by atoms with Gasteiger partial charge in [0.15, 0.2) is 5.76 Å². The predicted molar refractivity (Wildman–Crippen MR) is 92.5 cm³/mol. The Hall–Kier alpha value is -2.39. The molecular weight excluding hydrogens is 344 g/mol. The molecule has 1 heterocycles. The van der Waals surface area contributed by atoms with Crippen LogP contribution in [-0.2, 0) is 16.6 Å². The molecule has 136 valence electrons. The van der Waals surface area contributed by atoms with Gasteiger partial charge in [-0.05, 0) is 19.4 Å². The molecular formula is C16H22N4O4S. The van der Waals surface area contributed by atoms with Crippen LogP contribution in [0.2, 0.25) is 0 Å². The van der Waals surface area contributed by atoms with Crippen molar-refractivity contribution in [3.63, 3.8) is 0 Å². The first-order valence-electron chi connectivity index (χ1n) is 7.77. The summed E-state index contributed by atoms with van der Waals surface area (Å²) in [5.74, 6) is 0.248. The molecule has 0 aliphatic rings. The molecule has 0 unspecified atom stereocenters. The van der Waals surface area contributed by atoms with Gasteiger partial charge >= 0.3 is 6.03 Å². The van der Waals surface area contributed by atoms with Crippen LogP contribution >= 0.6 is 0 Å². The molecule has 0 saturated carbocycles. The molecule has 2 aromatic rings. The van der Waals surface area contributed by atoms with E-state index in [1.165, 1.54) is 7.05 Å². The number of benzene rings is 1. The number of rotatable bonds is 7. The molecule has 0 spiro atoms. The summed E-state index contributed by atoms with van der Waals surface area (Å²) in [7, 11) is -2.26. The fourth-order valence-electron chi connectivity index (χ4n) is 2.29. The topological polar surface area (TPSA) is 105 Å². The van der Waals surface area contributed by atoms with Gasteiger partial charge in [0.05, 0.1) is 0 Å². The fourth-order valence-corrected chi connectivity index (χ4v) is 3.74. The number of likely N-dealkylation sites (N-methyl/N-ethyl adjacent to an activating group) is 1. The molecule has 0 saturated heterocycles. The van der Waals surface area contributed by atoms with E-state index in [9.17, 15) is 13.2 Å². The van der Waals surface area contributed by atoms with E-state index in [0.717, 1.165) is 9.87 Å². The van der Waals surface area contributed by atoms with Gasteiger partial charge in [0.2, 0.25) is 10.0 Å². The highest BCUT2D eigenvalue weighted by Gasteiger charge is 2.28. The van der Waals surface area contributed by atoms with Crippen LogP contribution in [0.1, 0.15) is 17.0 Å². The van der Waals surface area contributed by atoms with Crippen LogP contribution in [0.15, 0.2) is 39.8 Å². The van der Waals surface area contributed by atoms with Crippen LogP contribution < -0.4 is 10.6 Å². The van der Waals surface area contributed by atoms with Gasteiger partial charge in [0.25, 0.3) is 0 Å². The van der Waals surface area contributed by atoms with Crippen LogP contribution in [-0.4, -0.2) is 44.0 Å². The van der Waals surface area contributed by atoms with E-state index in [2.05, 4.69) is 15.8 Å². The third kappa shape index (κ3) is 4.80. The highest BCUT2D eigenvalue weighted by atomic mass is 32.2. The molecule has 1 aromatic heterocycles. The van der Waals surface area contributed by atoms with E-state index in [-0.39, 0.29) is 29.8 Å². The molecule has 0 aliphatic heterocycles. The van der Waals surface area contributed by atoms with E-state index in [1.807, 2.05) is 30.3 Å². The molecule has 2 N–H and O–H groups in total. The Morgan fingerprint density at radius 1 is 1.20 bits per heavy atom. The lowest BCUT2D eigenvalue weighted by Gasteiger charge is -2.17. The summed E-state index contributed by atoms with van der Waals surface area (Å²) in [6.07, 6.45) is 0. The first-order chi connectivity index (χ1) is 11.8. The molecule has 2 amide bonds. The minimum Gasteiger partial charge on any atom is -0.360 e. The van der Waals surface area contributed by atoms with Gasteiger partial charge in [-0.25, -0.2) is 13.2 Å². The summed E-state index contributed by atoms with van der Waals surface area (Å²) in [6, 6.07) is 9.15. The van der Waals surface area contributed by atoms with E-state index >= 15 is 0 Å². The zero-order valence-electron chi connectivity index (χ0n) is 14.4. The van der Waals surface area contributed by atoms with Crippen molar-refractivity contribution in [1.29, 1.82) is 0 Å². The summed E-state index contributed by atoms with van der Waals surface area (Å²) in [6.45, 7) is 3.84. The smallest absolute Gasteiger partial charge is 0.315 e. The second-order valence-corrected chi connectivity index (χ2v) is 7.56. The summed E-state index contributed by atoms with van der Waals surface area (Å²) >= 11 is 0. The molecule has 0 atom stereocenters. The molecule has 0 bridgehead atoms. The van der Waals surface area contributed by atoms with Gasteiger partial charge in [0.1, 0.15) is 10.6 Å². The van der Waals surface area contributed by atoms with Gasteiger partial charge in [-0.2, -0.15) is 4.31 Å². The molecule has 0 aliphatic carbocycles. The third-order valence-electron chi connectivity index (χ3n) is 3.64. The van der Waals surface area contributed by atoms with Gasteiger partial charge in [-0.1, -0.05) is 35.5 Å². The second-order valence-electron chi connectivity index (χ2n) is 5.57. The average molecular weight is 366 g/mol. The van der Waals surface area contributed by atoms with Crippen molar-refractivity contribution < 1.29 is 17.7 Å². The number of nitrogens with zero attached hydrogens (tertiary/aromatic N) is 2. The quantitative estimate of drug-likeness (QED) is 0.771. The van der Waals surface area contributed by atoms with Gasteiger partial charge in [-0.15, -0.1) is 0 Å². The van der Waals surface area contributed by atoms with Crippen LogP contribution in [0.5, 0.6) is 0 Å². The lowest BCUT2D eigenvalue weighted by Crippen LogP contribution is -2.40. The maximum atomic E-state index is 12.5. The summed E-state index contributed by atoms with van der Waals surface area (Å²) in [4.78, 5) is 11.8. The number of aryl methyl sites for hydroxylation is 2. The van der Waals surface area contributed by atoms with E-state index in [0.29, 0.717) is 12.2 Å². The molecule has 8 nitrogen and oxygen atoms in total. The number of hydrogen-bond donors (Lipinski definition) is 2. The van der Waals surface area contributed by atoms with Crippen molar-refractivity contribution in [3.8, 4) is 0 Å². The number of aromatic nitrogens is 1. The van der Waals surface area contributed by atoms with Crippen molar-refractivity contribution in [2.75, 3.05) is 20.1 Å². The number of nitrogens with one attached hydrogen (secondary N) is 2. The van der Waals surface area contributed by atoms with Crippen molar-refractivity contribution in [2.45, 2.75) is 25.3 Å². The minimum absolute atomic E-state index is 0.0727. The van der Waals surface area contributed by atoms with Gasteiger partial charge < -0.3 is 15.2 Å². The lowest BCUT2D eigenvalue weighted by molar-refractivity contribution is 0.240. The zero-order valence-corrected chi connectivity index (χ0v) is 15.3. The molecule has 0 fully saturated rings. The SMILES string of the molecule is Cc1noc(C)c1S(=O)(=O)N(C)CCNC(=O)NCc1ccccc1. The van der Waals surface area contributed by atoms with Crippen molar-refractivity contribution in [3.05, 3.63) is 47.3 Å². The maximum Gasteiger partial charge on any atom is 0.315 e. The lowest BCUT2D eigenvalue weighted by atomic mass is 10.2. The first kappa shape index (κ1) is 18.9. The Kier molecular flexibility index (Phi) is 6.16. The number of carbonyl (C=O) groups excluding carboxylic acids is 1. The Labute approximate surface area is 147 Å². The standard InChI is InChI=1S/C16H22N4O4S/c1-12-15(13(2)24-19-12)25(22,23)20(3)10-9-17-16(21)18-11-14-7-5-4-6-8-14/h4-8H,9-11H2,1-3H3,(H2,17,18,21). The van der Waals surface area contributed by atoms with Crippen LogP contribution in [0.25, 0.3) is 0 Å². The Bertz CT molecular complexity index is 798. The molecule has 0 radical (unpaired) electrons. The Balaban J connectivity index is 1.82. The third-order valence-corrected chi connectivity index (χ3v) is 5.75. The van der Waals surface area contributed by atoms with E-state index < -0.39 is 10.0 Å². The predicted octanol–water partition coefficient (Wildman–Crippen LogP) is 1.41. The minimum atomic E-state index is -3.70. The van der Waals surface area contributed by atoms with Crippen LogP contribution in [0, 0.1) is 13.8 Å². The van der Waals surface area contributed by atoms with E-state index in [1.54, 1.807) is 13.8 Å². The Morgan fingerprint density at radius 2 is 1.88 bits per heavy atom. The van der Waals surface area contributed by atoms with Crippen molar-refractivity contribution >= 4 is 16.1 Å². The summed E-state index contributed by atoms with van der Waals surface area (Å²) in [5.41, 5.74) is 1.30. The van der Waals surface area contributed by atoms with Crippen LogP contribution in [0.4, 0.5) is 4.79 Å².